The number of halogens is 2. The highest BCUT2D eigenvalue weighted by molar-refractivity contribution is 6.30. The molecule has 1 fully saturated rings. The first-order chi connectivity index (χ1) is 16.9. The van der Waals surface area contributed by atoms with Gasteiger partial charge < -0.3 is 10.0 Å². The normalized spacial score (nSPS) is 15.7. The van der Waals surface area contributed by atoms with Gasteiger partial charge in [0, 0.05) is 42.4 Å². The summed E-state index contributed by atoms with van der Waals surface area (Å²) in [6, 6.07) is 21.1. The first-order valence-corrected chi connectivity index (χ1v) is 12.3. The highest BCUT2D eigenvalue weighted by Gasteiger charge is 2.33. The second-order valence-electron chi connectivity index (χ2n) is 8.97. The van der Waals surface area contributed by atoms with E-state index in [9.17, 15) is 9.90 Å². The molecule has 1 aliphatic heterocycles. The van der Waals surface area contributed by atoms with Crippen molar-refractivity contribution in [3.63, 3.8) is 0 Å². The number of fused-ring (bicyclic) bond motifs is 1. The molecule has 1 aliphatic rings. The predicted molar refractivity (Wildman–Crippen MR) is 141 cm³/mol. The molecule has 0 aliphatic carbocycles. The standard InChI is InChI=1S/C28H25Cl2N3O2/c29-22-8-6-21(7-9-22)27-24(33-19-23(30)10-12-25(33)31-27)11-13-26(34)32-16-14-28(35,15-17-32)18-20-4-2-1-3-5-20/h1-13,19,35H,14-18H2/b13-11+. The van der Waals surface area contributed by atoms with E-state index in [0.29, 0.717) is 42.4 Å². The molecule has 0 radical (unpaired) electrons. The van der Waals surface area contributed by atoms with E-state index in [1.54, 1.807) is 29.3 Å². The van der Waals surface area contributed by atoms with Gasteiger partial charge in [0.15, 0.2) is 0 Å². The number of hydrogen-bond acceptors (Lipinski definition) is 3. The minimum absolute atomic E-state index is 0.0919. The van der Waals surface area contributed by atoms with Crippen molar-refractivity contribution in [2.24, 2.45) is 0 Å². The summed E-state index contributed by atoms with van der Waals surface area (Å²) < 4.78 is 1.88. The van der Waals surface area contributed by atoms with Gasteiger partial charge in [0.05, 0.1) is 22.0 Å². The monoisotopic (exact) mass is 505 g/mol. The number of piperidine rings is 1. The van der Waals surface area contributed by atoms with Crippen LogP contribution >= 0.6 is 23.2 Å². The molecule has 1 saturated heterocycles. The van der Waals surface area contributed by atoms with Crippen LogP contribution in [0.25, 0.3) is 23.0 Å². The lowest BCUT2D eigenvalue weighted by atomic mass is 9.85. The van der Waals surface area contributed by atoms with Crippen LogP contribution in [-0.2, 0) is 11.2 Å². The molecule has 0 saturated carbocycles. The van der Waals surface area contributed by atoms with E-state index >= 15 is 0 Å². The highest BCUT2D eigenvalue weighted by Crippen LogP contribution is 2.29. The summed E-state index contributed by atoms with van der Waals surface area (Å²) in [5.41, 5.74) is 3.44. The van der Waals surface area contributed by atoms with Gasteiger partial charge in [-0.3, -0.25) is 9.20 Å². The van der Waals surface area contributed by atoms with E-state index < -0.39 is 5.60 Å². The number of hydrogen-bond donors (Lipinski definition) is 1. The van der Waals surface area contributed by atoms with Crippen molar-refractivity contribution < 1.29 is 9.90 Å². The van der Waals surface area contributed by atoms with Gasteiger partial charge >= 0.3 is 0 Å². The fourth-order valence-corrected chi connectivity index (χ4v) is 4.85. The van der Waals surface area contributed by atoms with Crippen LogP contribution in [-0.4, -0.2) is 44.0 Å². The van der Waals surface area contributed by atoms with Crippen LogP contribution in [0, 0.1) is 0 Å². The fourth-order valence-electron chi connectivity index (χ4n) is 4.57. The number of aliphatic hydroxyl groups is 1. The summed E-state index contributed by atoms with van der Waals surface area (Å²) in [5, 5.41) is 12.3. The van der Waals surface area contributed by atoms with Gasteiger partial charge in [0.25, 0.3) is 0 Å². The van der Waals surface area contributed by atoms with Gasteiger partial charge in [-0.25, -0.2) is 4.98 Å². The summed E-state index contributed by atoms with van der Waals surface area (Å²) in [4.78, 5) is 19.6. The minimum atomic E-state index is -0.790. The Morgan fingerprint density at radius 2 is 1.66 bits per heavy atom. The molecular formula is C28H25Cl2N3O2. The largest absolute Gasteiger partial charge is 0.389 e. The number of amides is 1. The van der Waals surface area contributed by atoms with Crippen molar-refractivity contribution in [2.45, 2.75) is 24.9 Å². The molecule has 2 aromatic carbocycles. The van der Waals surface area contributed by atoms with Gasteiger partial charge in [0.2, 0.25) is 5.91 Å². The predicted octanol–water partition coefficient (Wildman–Crippen LogP) is 5.92. The van der Waals surface area contributed by atoms with Crippen molar-refractivity contribution in [1.29, 1.82) is 0 Å². The second kappa shape index (κ2) is 9.86. The minimum Gasteiger partial charge on any atom is -0.389 e. The van der Waals surface area contributed by atoms with Crippen LogP contribution < -0.4 is 0 Å². The Morgan fingerprint density at radius 3 is 2.37 bits per heavy atom. The molecule has 0 bridgehead atoms. The van der Waals surface area contributed by atoms with Gasteiger partial charge in [-0.05, 0) is 48.7 Å². The van der Waals surface area contributed by atoms with Crippen molar-refractivity contribution >= 4 is 40.8 Å². The molecule has 0 unspecified atom stereocenters. The quantitative estimate of drug-likeness (QED) is 0.342. The zero-order chi connectivity index (χ0) is 24.4. The molecule has 5 nitrogen and oxygen atoms in total. The summed E-state index contributed by atoms with van der Waals surface area (Å²) in [7, 11) is 0. The number of aromatic nitrogens is 2. The second-order valence-corrected chi connectivity index (χ2v) is 9.85. The number of pyridine rings is 1. The lowest BCUT2D eigenvalue weighted by Crippen LogP contribution is -2.47. The van der Waals surface area contributed by atoms with Crippen LogP contribution in [0.4, 0.5) is 0 Å². The molecule has 1 N–H and O–H groups in total. The maximum absolute atomic E-state index is 13.0. The molecule has 178 valence electrons. The molecule has 7 heteroatoms. The van der Waals surface area contributed by atoms with Crippen LogP contribution in [0.5, 0.6) is 0 Å². The maximum Gasteiger partial charge on any atom is 0.246 e. The van der Waals surface area contributed by atoms with Crippen molar-refractivity contribution in [1.82, 2.24) is 14.3 Å². The van der Waals surface area contributed by atoms with Crippen molar-refractivity contribution in [3.8, 4) is 11.3 Å². The molecule has 35 heavy (non-hydrogen) atoms. The smallest absolute Gasteiger partial charge is 0.246 e. The average Bonchev–Trinajstić information content (AvgIpc) is 3.21. The van der Waals surface area contributed by atoms with E-state index in [2.05, 4.69) is 0 Å². The van der Waals surface area contributed by atoms with E-state index in [-0.39, 0.29) is 5.91 Å². The Morgan fingerprint density at radius 1 is 0.971 bits per heavy atom. The molecular weight excluding hydrogens is 481 g/mol. The highest BCUT2D eigenvalue weighted by atomic mass is 35.5. The van der Waals surface area contributed by atoms with Crippen LogP contribution in [0.2, 0.25) is 10.0 Å². The number of carbonyl (C=O) groups excluding carboxylic acids is 1. The number of benzene rings is 2. The lowest BCUT2D eigenvalue weighted by molar-refractivity contribution is -0.130. The third kappa shape index (κ3) is 5.27. The van der Waals surface area contributed by atoms with Gasteiger partial charge in [-0.2, -0.15) is 0 Å². The summed E-state index contributed by atoms with van der Waals surface area (Å²) in [6.45, 7) is 1.02. The molecule has 2 aromatic heterocycles. The van der Waals surface area contributed by atoms with Gasteiger partial charge in [0.1, 0.15) is 5.65 Å². The Kier molecular flexibility index (Phi) is 6.65. The third-order valence-electron chi connectivity index (χ3n) is 6.50. The zero-order valence-electron chi connectivity index (χ0n) is 19.1. The average molecular weight is 506 g/mol. The maximum atomic E-state index is 13.0. The van der Waals surface area contributed by atoms with E-state index in [4.69, 9.17) is 28.2 Å². The van der Waals surface area contributed by atoms with Crippen LogP contribution in [0.1, 0.15) is 24.1 Å². The number of nitrogens with zero attached hydrogens (tertiary/aromatic N) is 3. The fraction of sp³-hybridized carbons (Fsp3) is 0.214. The number of carbonyl (C=O) groups is 1. The Balaban J connectivity index is 1.35. The molecule has 0 spiro atoms. The Hall–Kier alpha value is -3.12. The molecule has 3 heterocycles. The summed E-state index contributed by atoms with van der Waals surface area (Å²) >= 11 is 12.3. The molecule has 4 aromatic rings. The number of imidazole rings is 1. The number of rotatable bonds is 5. The Labute approximate surface area is 214 Å². The zero-order valence-corrected chi connectivity index (χ0v) is 20.6. The van der Waals surface area contributed by atoms with E-state index in [0.717, 1.165) is 28.2 Å². The molecule has 1 amide bonds. The number of likely N-dealkylation sites (tertiary alicyclic amines) is 1. The van der Waals surface area contributed by atoms with Crippen molar-refractivity contribution in [3.05, 3.63) is 100 Å². The van der Waals surface area contributed by atoms with Gasteiger partial charge in [-0.1, -0.05) is 65.7 Å². The Bertz CT molecular complexity index is 1370. The van der Waals surface area contributed by atoms with E-state index in [1.165, 1.54) is 0 Å². The topological polar surface area (TPSA) is 57.8 Å². The van der Waals surface area contributed by atoms with Crippen molar-refractivity contribution in [2.75, 3.05) is 13.1 Å². The molecule has 5 rings (SSSR count). The molecule has 0 atom stereocenters. The van der Waals surface area contributed by atoms with Crippen LogP contribution in [0.15, 0.2) is 79.0 Å². The van der Waals surface area contributed by atoms with E-state index in [1.807, 2.05) is 65.1 Å². The summed E-state index contributed by atoms with van der Waals surface area (Å²) in [6.07, 6.45) is 6.83. The van der Waals surface area contributed by atoms with Gasteiger partial charge in [-0.15, -0.1) is 0 Å². The SMILES string of the molecule is O=C(/C=C/c1c(-c2ccc(Cl)cc2)nc2ccc(Cl)cn12)N1CCC(O)(Cc2ccccc2)CC1. The lowest BCUT2D eigenvalue weighted by Gasteiger charge is -2.38. The third-order valence-corrected chi connectivity index (χ3v) is 6.98. The summed E-state index contributed by atoms with van der Waals surface area (Å²) in [5.74, 6) is -0.0919. The van der Waals surface area contributed by atoms with Crippen LogP contribution in [0.3, 0.4) is 0 Å². The first kappa shape index (κ1) is 23.6. The first-order valence-electron chi connectivity index (χ1n) is 11.6.